The van der Waals surface area contributed by atoms with Crippen molar-refractivity contribution < 1.29 is 4.74 Å². The Bertz CT molecular complexity index is 370. The number of ether oxygens (including phenoxy) is 1. The van der Waals surface area contributed by atoms with Gasteiger partial charge in [-0.1, -0.05) is 6.92 Å². The smallest absolute Gasteiger partial charge is 0.168 e. The van der Waals surface area contributed by atoms with Crippen LogP contribution in [0.4, 0.5) is 5.82 Å². The standard InChI is InChI=1S/C14H23N3O/c1-2-8-18-13-4-3-7-16-14(13)17-10-11-5-6-12(15)9-11/h3-4,7,11-12H,2,5-6,8-10,15H2,1H3,(H,16,17). The van der Waals surface area contributed by atoms with Crippen LogP contribution >= 0.6 is 0 Å². The van der Waals surface area contributed by atoms with E-state index in [0.717, 1.165) is 44.0 Å². The third-order valence-electron chi connectivity index (χ3n) is 3.37. The molecule has 1 aliphatic rings. The Kier molecular flexibility index (Phi) is 4.81. The van der Waals surface area contributed by atoms with Gasteiger partial charge in [-0.2, -0.15) is 0 Å². The summed E-state index contributed by atoms with van der Waals surface area (Å²) >= 11 is 0. The number of rotatable bonds is 6. The van der Waals surface area contributed by atoms with Crippen molar-refractivity contribution >= 4 is 5.82 Å². The second-order valence-corrected chi connectivity index (χ2v) is 5.02. The highest BCUT2D eigenvalue weighted by molar-refractivity contribution is 5.49. The first-order chi connectivity index (χ1) is 8.79. The zero-order chi connectivity index (χ0) is 12.8. The molecule has 4 heteroatoms. The molecule has 2 rings (SSSR count). The van der Waals surface area contributed by atoms with Crippen molar-refractivity contribution in [3.05, 3.63) is 18.3 Å². The fourth-order valence-corrected chi connectivity index (χ4v) is 2.39. The summed E-state index contributed by atoms with van der Waals surface area (Å²) in [6.45, 7) is 3.77. The summed E-state index contributed by atoms with van der Waals surface area (Å²) in [6, 6.07) is 4.25. The molecule has 2 atom stereocenters. The number of hydrogen-bond acceptors (Lipinski definition) is 4. The molecule has 3 N–H and O–H groups in total. The fourth-order valence-electron chi connectivity index (χ4n) is 2.39. The van der Waals surface area contributed by atoms with E-state index in [1.54, 1.807) is 6.20 Å². The van der Waals surface area contributed by atoms with Gasteiger partial charge in [-0.3, -0.25) is 0 Å². The minimum atomic E-state index is 0.386. The number of hydrogen-bond donors (Lipinski definition) is 2. The first-order valence-corrected chi connectivity index (χ1v) is 6.87. The Morgan fingerprint density at radius 3 is 3.11 bits per heavy atom. The molecule has 0 amide bonds. The number of pyridine rings is 1. The van der Waals surface area contributed by atoms with Gasteiger partial charge in [0.2, 0.25) is 0 Å². The van der Waals surface area contributed by atoms with E-state index in [1.807, 2.05) is 12.1 Å². The maximum atomic E-state index is 5.92. The van der Waals surface area contributed by atoms with Gasteiger partial charge in [0.1, 0.15) is 0 Å². The van der Waals surface area contributed by atoms with Crippen LogP contribution in [-0.4, -0.2) is 24.2 Å². The summed E-state index contributed by atoms with van der Waals surface area (Å²) < 4.78 is 5.67. The molecule has 1 fully saturated rings. The van der Waals surface area contributed by atoms with E-state index in [1.165, 1.54) is 6.42 Å². The topological polar surface area (TPSA) is 60.2 Å². The fraction of sp³-hybridized carbons (Fsp3) is 0.643. The molecule has 0 aliphatic heterocycles. The molecule has 0 radical (unpaired) electrons. The molecule has 1 aromatic rings. The quantitative estimate of drug-likeness (QED) is 0.813. The van der Waals surface area contributed by atoms with Crippen LogP contribution in [0.2, 0.25) is 0 Å². The van der Waals surface area contributed by atoms with Gasteiger partial charge in [0.05, 0.1) is 6.61 Å². The monoisotopic (exact) mass is 249 g/mol. The highest BCUT2D eigenvalue weighted by Gasteiger charge is 2.21. The number of nitrogens with zero attached hydrogens (tertiary/aromatic N) is 1. The Balaban J connectivity index is 1.88. The molecule has 0 aromatic carbocycles. The summed E-state index contributed by atoms with van der Waals surface area (Å²) in [5.41, 5.74) is 5.92. The minimum Gasteiger partial charge on any atom is -0.490 e. The minimum absolute atomic E-state index is 0.386. The predicted octanol–water partition coefficient (Wildman–Crippen LogP) is 2.41. The molecule has 1 heterocycles. The average Bonchev–Trinajstić information content (AvgIpc) is 2.81. The lowest BCUT2D eigenvalue weighted by molar-refractivity contribution is 0.317. The number of anilines is 1. The first-order valence-electron chi connectivity index (χ1n) is 6.87. The zero-order valence-corrected chi connectivity index (χ0v) is 11.1. The molecule has 0 bridgehead atoms. The highest BCUT2D eigenvalue weighted by atomic mass is 16.5. The van der Waals surface area contributed by atoms with E-state index < -0.39 is 0 Å². The van der Waals surface area contributed by atoms with Crippen molar-refractivity contribution in [2.75, 3.05) is 18.5 Å². The van der Waals surface area contributed by atoms with Crippen LogP contribution in [0.5, 0.6) is 5.75 Å². The maximum Gasteiger partial charge on any atom is 0.168 e. The molecule has 2 unspecified atom stereocenters. The highest BCUT2D eigenvalue weighted by Crippen LogP contribution is 2.26. The lowest BCUT2D eigenvalue weighted by Gasteiger charge is -2.14. The van der Waals surface area contributed by atoms with Crippen molar-refractivity contribution in [3.8, 4) is 5.75 Å². The largest absolute Gasteiger partial charge is 0.490 e. The van der Waals surface area contributed by atoms with Crippen LogP contribution in [0, 0.1) is 5.92 Å². The predicted molar refractivity (Wildman–Crippen MR) is 73.8 cm³/mol. The molecular formula is C14H23N3O. The molecule has 100 valence electrons. The molecule has 0 spiro atoms. The lowest BCUT2D eigenvalue weighted by Crippen LogP contribution is -2.18. The zero-order valence-electron chi connectivity index (χ0n) is 11.1. The van der Waals surface area contributed by atoms with E-state index >= 15 is 0 Å². The Hall–Kier alpha value is -1.29. The second kappa shape index (κ2) is 6.59. The van der Waals surface area contributed by atoms with Crippen LogP contribution in [-0.2, 0) is 0 Å². The van der Waals surface area contributed by atoms with Gasteiger partial charge in [-0.05, 0) is 43.7 Å². The van der Waals surface area contributed by atoms with Gasteiger partial charge in [0.25, 0.3) is 0 Å². The maximum absolute atomic E-state index is 5.92. The van der Waals surface area contributed by atoms with Crippen LogP contribution in [0.15, 0.2) is 18.3 Å². The summed E-state index contributed by atoms with van der Waals surface area (Å²) in [6.07, 6.45) is 6.28. The Labute approximate surface area is 109 Å². The summed E-state index contributed by atoms with van der Waals surface area (Å²) in [4.78, 5) is 4.34. The number of nitrogens with one attached hydrogen (secondary N) is 1. The molecule has 1 aliphatic carbocycles. The van der Waals surface area contributed by atoms with Crippen LogP contribution in [0.3, 0.4) is 0 Å². The first kappa shape index (κ1) is 13.1. The average molecular weight is 249 g/mol. The van der Waals surface area contributed by atoms with Gasteiger partial charge in [-0.15, -0.1) is 0 Å². The van der Waals surface area contributed by atoms with Crippen molar-refractivity contribution in [2.24, 2.45) is 11.7 Å². The van der Waals surface area contributed by atoms with E-state index in [0.29, 0.717) is 12.0 Å². The van der Waals surface area contributed by atoms with Crippen LogP contribution < -0.4 is 15.8 Å². The second-order valence-electron chi connectivity index (χ2n) is 5.02. The molecule has 0 saturated heterocycles. The number of nitrogens with two attached hydrogens (primary N) is 1. The normalized spacial score (nSPS) is 23.0. The van der Waals surface area contributed by atoms with E-state index in [9.17, 15) is 0 Å². The van der Waals surface area contributed by atoms with Crippen molar-refractivity contribution in [3.63, 3.8) is 0 Å². The van der Waals surface area contributed by atoms with E-state index in [-0.39, 0.29) is 0 Å². The Morgan fingerprint density at radius 1 is 1.50 bits per heavy atom. The van der Waals surface area contributed by atoms with Crippen molar-refractivity contribution in [1.82, 2.24) is 4.98 Å². The third-order valence-corrected chi connectivity index (χ3v) is 3.37. The van der Waals surface area contributed by atoms with E-state index in [4.69, 9.17) is 10.5 Å². The molecular weight excluding hydrogens is 226 g/mol. The SMILES string of the molecule is CCCOc1cccnc1NCC1CCC(N)C1. The summed E-state index contributed by atoms with van der Waals surface area (Å²) in [5, 5.41) is 3.39. The Morgan fingerprint density at radius 2 is 2.39 bits per heavy atom. The van der Waals surface area contributed by atoms with Crippen molar-refractivity contribution in [1.29, 1.82) is 0 Å². The van der Waals surface area contributed by atoms with Gasteiger partial charge < -0.3 is 15.8 Å². The molecule has 18 heavy (non-hydrogen) atoms. The van der Waals surface area contributed by atoms with Crippen LogP contribution in [0.1, 0.15) is 32.6 Å². The summed E-state index contributed by atoms with van der Waals surface area (Å²) in [5.74, 6) is 2.37. The van der Waals surface area contributed by atoms with Gasteiger partial charge in [-0.25, -0.2) is 4.98 Å². The van der Waals surface area contributed by atoms with Crippen molar-refractivity contribution in [2.45, 2.75) is 38.6 Å². The van der Waals surface area contributed by atoms with Gasteiger partial charge in [0.15, 0.2) is 11.6 Å². The molecule has 1 aromatic heterocycles. The van der Waals surface area contributed by atoms with Gasteiger partial charge in [0, 0.05) is 18.8 Å². The molecule has 4 nitrogen and oxygen atoms in total. The van der Waals surface area contributed by atoms with Gasteiger partial charge >= 0.3 is 0 Å². The summed E-state index contributed by atoms with van der Waals surface area (Å²) in [7, 11) is 0. The molecule has 1 saturated carbocycles. The lowest BCUT2D eigenvalue weighted by atomic mass is 10.1. The van der Waals surface area contributed by atoms with Crippen LogP contribution in [0.25, 0.3) is 0 Å². The number of aromatic nitrogens is 1. The third kappa shape index (κ3) is 3.60. The van der Waals surface area contributed by atoms with E-state index in [2.05, 4.69) is 17.2 Å².